The van der Waals surface area contributed by atoms with Crippen LogP contribution in [0, 0.1) is 6.92 Å². The quantitative estimate of drug-likeness (QED) is 0.616. The van der Waals surface area contributed by atoms with Crippen LogP contribution >= 0.6 is 0 Å². The van der Waals surface area contributed by atoms with Crippen molar-refractivity contribution in [1.82, 2.24) is 4.98 Å². The van der Waals surface area contributed by atoms with E-state index in [-0.39, 0.29) is 6.61 Å². The lowest BCUT2D eigenvalue weighted by Gasteiger charge is -2.08. The second-order valence-electron chi connectivity index (χ2n) is 3.25. The van der Waals surface area contributed by atoms with Gasteiger partial charge in [-0.1, -0.05) is 0 Å². The summed E-state index contributed by atoms with van der Waals surface area (Å²) in [5, 5.41) is 11.7. The van der Waals surface area contributed by atoms with Crippen LogP contribution in [-0.4, -0.2) is 23.2 Å². The molecule has 1 aromatic heterocycles. The molecule has 0 amide bonds. The summed E-state index contributed by atoms with van der Waals surface area (Å²) in [6.07, 6.45) is 1.73. The normalized spacial score (nSPS) is 10.1. The van der Waals surface area contributed by atoms with Gasteiger partial charge in [-0.25, -0.2) is 4.98 Å². The average molecular weight is 195 g/mol. The second-order valence-corrected chi connectivity index (χ2v) is 3.25. The molecule has 1 heterocycles. The number of aliphatic hydroxyl groups excluding tert-OH is 1. The lowest BCUT2D eigenvalue weighted by Crippen LogP contribution is -2.07. The Bertz CT molecular complexity index is 289. The fraction of sp³-hybridized carbons (Fsp3) is 0.500. The molecule has 4 nitrogen and oxygen atoms in total. The summed E-state index contributed by atoms with van der Waals surface area (Å²) in [4.78, 5) is 4.27. The van der Waals surface area contributed by atoms with Gasteiger partial charge in [0.1, 0.15) is 5.82 Å². The molecule has 0 bridgehead atoms. The molecule has 1 aromatic rings. The Morgan fingerprint density at radius 3 is 2.93 bits per heavy atom. The number of hydrogen-bond donors (Lipinski definition) is 3. The number of nitrogens with one attached hydrogen (secondary N) is 1. The van der Waals surface area contributed by atoms with Crippen molar-refractivity contribution in [3.05, 3.63) is 17.8 Å². The highest BCUT2D eigenvalue weighted by Crippen LogP contribution is 2.14. The molecule has 0 unspecified atom stereocenters. The zero-order valence-electron chi connectivity index (χ0n) is 8.45. The number of nitrogen functional groups attached to an aromatic ring is 1. The van der Waals surface area contributed by atoms with Crippen LogP contribution in [0.15, 0.2) is 12.1 Å². The van der Waals surface area contributed by atoms with E-state index in [2.05, 4.69) is 10.3 Å². The Morgan fingerprint density at radius 1 is 1.43 bits per heavy atom. The van der Waals surface area contributed by atoms with E-state index in [1.807, 2.05) is 19.1 Å². The van der Waals surface area contributed by atoms with Gasteiger partial charge in [-0.2, -0.15) is 0 Å². The number of pyridine rings is 1. The van der Waals surface area contributed by atoms with Crippen LogP contribution in [0.1, 0.15) is 18.5 Å². The monoisotopic (exact) mass is 195 g/mol. The van der Waals surface area contributed by atoms with Crippen LogP contribution in [0.25, 0.3) is 0 Å². The van der Waals surface area contributed by atoms with E-state index in [0.717, 1.165) is 30.9 Å². The number of hydrogen-bond acceptors (Lipinski definition) is 4. The smallest absolute Gasteiger partial charge is 0.149 e. The maximum absolute atomic E-state index is 8.59. The zero-order valence-corrected chi connectivity index (χ0v) is 8.45. The fourth-order valence-electron chi connectivity index (χ4n) is 1.15. The predicted molar refractivity (Wildman–Crippen MR) is 58.2 cm³/mol. The maximum Gasteiger partial charge on any atom is 0.149 e. The summed E-state index contributed by atoms with van der Waals surface area (Å²) in [5.74, 6) is 0.739. The lowest BCUT2D eigenvalue weighted by molar-refractivity contribution is 0.286. The molecule has 0 aliphatic carbocycles. The molecule has 0 radical (unpaired) electrons. The number of aromatic nitrogens is 1. The van der Waals surface area contributed by atoms with E-state index in [0.29, 0.717) is 5.69 Å². The van der Waals surface area contributed by atoms with Crippen molar-refractivity contribution in [1.29, 1.82) is 0 Å². The van der Waals surface area contributed by atoms with Crippen LogP contribution in [0.2, 0.25) is 0 Å². The minimum absolute atomic E-state index is 0.235. The highest BCUT2D eigenvalue weighted by atomic mass is 16.2. The molecular formula is C10H17N3O. The molecule has 0 saturated carbocycles. The van der Waals surface area contributed by atoms with E-state index < -0.39 is 0 Å². The molecule has 4 N–H and O–H groups in total. The van der Waals surface area contributed by atoms with Gasteiger partial charge >= 0.3 is 0 Å². The van der Waals surface area contributed by atoms with E-state index in [9.17, 15) is 0 Å². The molecule has 4 heteroatoms. The standard InChI is InChI=1S/C10H17N3O/c1-8-4-5-9(11)10(13-8)12-6-2-3-7-14/h4-5,14H,2-3,6-7,11H2,1H3,(H,12,13). The van der Waals surface area contributed by atoms with Crippen molar-refractivity contribution in [3.63, 3.8) is 0 Å². The number of rotatable bonds is 5. The highest BCUT2D eigenvalue weighted by molar-refractivity contribution is 5.61. The van der Waals surface area contributed by atoms with Gasteiger partial charge in [0.05, 0.1) is 5.69 Å². The molecule has 0 aliphatic heterocycles. The Kier molecular flexibility index (Phi) is 4.19. The Labute approximate surface area is 84.2 Å². The Balaban J connectivity index is 2.45. The van der Waals surface area contributed by atoms with Crippen LogP contribution in [0.5, 0.6) is 0 Å². The van der Waals surface area contributed by atoms with Gasteiger partial charge in [0, 0.05) is 18.8 Å². The molecule has 0 saturated heterocycles. The topological polar surface area (TPSA) is 71.2 Å². The van der Waals surface area contributed by atoms with E-state index >= 15 is 0 Å². The molecule has 78 valence electrons. The van der Waals surface area contributed by atoms with Gasteiger partial charge in [-0.05, 0) is 31.9 Å². The summed E-state index contributed by atoms with van der Waals surface area (Å²) >= 11 is 0. The maximum atomic E-state index is 8.59. The first-order valence-corrected chi connectivity index (χ1v) is 4.82. The van der Waals surface area contributed by atoms with Gasteiger partial charge in [-0.15, -0.1) is 0 Å². The molecule has 1 rings (SSSR count). The van der Waals surface area contributed by atoms with Crippen molar-refractivity contribution >= 4 is 11.5 Å². The molecule has 0 aromatic carbocycles. The van der Waals surface area contributed by atoms with Crippen molar-refractivity contribution in [2.45, 2.75) is 19.8 Å². The van der Waals surface area contributed by atoms with Crippen LogP contribution in [0.4, 0.5) is 11.5 Å². The largest absolute Gasteiger partial charge is 0.396 e. The van der Waals surface area contributed by atoms with E-state index in [4.69, 9.17) is 10.8 Å². The molecule has 0 fully saturated rings. The average Bonchev–Trinajstić information content (AvgIpc) is 2.18. The van der Waals surface area contributed by atoms with E-state index in [1.165, 1.54) is 0 Å². The first-order chi connectivity index (χ1) is 6.74. The number of anilines is 2. The third-order valence-electron chi connectivity index (χ3n) is 1.94. The van der Waals surface area contributed by atoms with Gasteiger partial charge < -0.3 is 16.2 Å². The van der Waals surface area contributed by atoms with Crippen molar-refractivity contribution < 1.29 is 5.11 Å². The summed E-state index contributed by atoms with van der Waals surface area (Å²) < 4.78 is 0. The summed E-state index contributed by atoms with van der Waals surface area (Å²) in [6.45, 7) is 2.96. The molecule has 0 aliphatic rings. The molecular weight excluding hydrogens is 178 g/mol. The third kappa shape index (κ3) is 3.22. The van der Waals surface area contributed by atoms with Crippen LogP contribution in [0.3, 0.4) is 0 Å². The number of aryl methyl sites for hydroxylation is 1. The van der Waals surface area contributed by atoms with Crippen LogP contribution < -0.4 is 11.1 Å². The Hall–Kier alpha value is -1.29. The highest BCUT2D eigenvalue weighted by Gasteiger charge is 1.99. The van der Waals surface area contributed by atoms with E-state index in [1.54, 1.807) is 0 Å². The van der Waals surface area contributed by atoms with Gasteiger partial charge in [0.2, 0.25) is 0 Å². The van der Waals surface area contributed by atoms with Gasteiger partial charge in [0.15, 0.2) is 0 Å². The summed E-state index contributed by atoms with van der Waals surface area (Å²) in [5.41, 5.74) is 7.34. The number of nitrogens with two attached hydrogens (primary N) is 1. The molecule has 0 atom stereocenters. The number of aliphatic hydroxyl groups is 1. The molecule has 0 spiro atoms. The van der Waals surface area contributed by atoms with Gasteiger partial charge in [-0.3, -0.25) is 0 Å². The lowest BCUT2D eigenvalue weighted by atomic mass is 10.3. The molecule has 14 heavy (non-hydrogen) atoms. The zero-order chi connectivity index (χ0) is 10.4. The minimum Gasteiger partial charge on any atom is -0.396 e. The SMILES string of the molecule is Cc1ccc(N)c(NCCCCO)n1. The minimum atomic E-state index is 0.235. The Morgan fingerprint density at radius 2 is 2.21 bits per heavy atom. The fourth-order valence-corrected chi connectivity index (χ4v) is 1.15. The third-order valence-corrected chi connectivity index (χ3v) is 1.94. The second kappa shape index (κ2) is 5.44. The predicted octanol–water partition coefficient (Wildman–Crippen LogP) is 1.16. The summed E-state index contributed by atoms with van der Waals surface area (Å²) in [6, 6.07) is 3.73. The first kappa shape index (κ1) is 10.8. The van der Waals surface area contributed by atoms with Crippen molar-refractivity contribution in [3.8, 4) is 0 Å². The first-order valence-electron chi connectivity index (χ1n) is 4.82. The number of unbranched alkanes of at least 4 members (excludes halogenated alkanes) is 1. The van der Waals surface area contributed by atoms with Crippen molar-refractivity contribution in [2.24, 2.45) is 0 Å². The van der Waals surface area contributed by atoms with Gasteiger partial charge in [0.25, 0.3) is 0 Å². The van der Waals surface area contributed by atoms with Crippen molar-refractivity contribution in [2.75, 3.05) is 24.2 Å². The summed E-state index contributed by atoms with van der Waals surface area (Å²) in [7, 11) is 0. The van der Waals surface area contributed by atoms with Crippen LogP contribution in [-0.2, 0) is 0 Å². The number of nitrogens with zero attached hydrogens (tertiary/aromatic N) is 1.